The third-order valence-electron chi connectivity index (χ3n) is 6.35. The molecule has 0 radical (unpaired) electrons. The van der Waals surface area contributed by atoms with E-state index in [1.54, 1.807) is 25.2 Å². The predicted octanol–water partition coefficient (Wildman–Crippen LogP) is 1.72. The molecule has 2 aromatic heterocycles. The lowest BCUT2D eigenvalue weighted by atomic mass is 10.1. The first kappa shape index (κ1) is 23.7. The highest BCUT2D eigenvalue weighted by atomic mass is 32.2. The second-order valence-corrected chi connectivity index (χ2v) is 11.2. The molecule has 5 rings (SSSR count). The molecule has 3 heterocycles. The number of nitrogens with one attached hydrogen (secondary N) is 2. The molecular weight excluding hydrogens is 468 g/mol. The van der Waals surface area contributed by atoms with Crippen LogP contribution in [-0.4, -0.2) is 79.5 Å². The van der Waals surface area contributed by atoms with Crippen LogP contribution in [0.4, 0.5) is 11.5 Å². The third-order valence-corrected chi connectivity index (χ3v) is 7.48. The van der Waals surface area contributed by atoms with Crippen LogP contribution in [-0.2, 0) is 21.6 Å². The molecule has 1 aromatic carbocycles. The summed E-state index contributed by atoms with van der Waals surface area (Å²) in [4.78, 5) is 24.5. The van der Waals surface area contributed by atoms with Crippen molar-refractivity contribution >= 4 is 32.2 Å². The Balaban J connectivity index is 1.48. The number of fused-ring (bicyclic) bond motifs is 1. The normalized spacial score (nSPS) is 17.0. The van der Waals surface area contributed by atoms with E-state index < -0.39 is 9.84 Å². The minimum atomic E-state index is -3.50. The fourth-order valence-corrected chi connectivity index (χ4v) is 5.08. The number of aromatic nitrogens is 3. The molecule has 1 aliphatic heterocycles. The van der Waals surface area contributed by atoms with Gasteiger partial charge in [0.05, 0.1) is 41.3 Å². The van der Waals surface area contributed by atoms with Gasteiger partial charge in [-0.15, -0.1) is 0 Å². The van der Waals surface area contributed by atoms with E-state index in [-0.39, 0.29) is 16.5 Å². The average molecular weight is 499 g/mol. The first-order chi connectivity index (χ1) is 16.8. The van der Waals surface area contributed by atoms with Gasteiger partial charge in [-0.05, 0) is 31.0 Å². The van der Waals surface area contributed by atoms with E-state index in [9.17, 15) is 13.2 Å². The van der Waals surface area contributed by atoms with Crippen molar-refractivity contribution in [2.24, 2.45) is 7.05 Å². The lowest BCUT2D eigenvalue weighted by Crippen LogP contribution is -2.39. The minimum absolute atomic E-state index is 0.172. The highest BCUT2D eigenvalue weighted by Crippen LogP contribution is 2.32. The van der Waals surface area contributed by atoms with Crippen molar-refractivity contribution in [1.82, 2.24) is 19.4 Å². The number of morpholine rings is 1. The zero-order valence-electron chi connectivity index (χ0n) is 20.0. The van der Waals surface area contributed by atoms with Crippen LogP contribution in [0, 0.1) is 0 Å². The number of pyridine rings is 1. The minimum Gasteiger partial charge on any atom is -0.383 e. The van der Waals surface area contributed by atoms with E-state index in [1.165, 1.54) is 17.2 Å². The zero-order chi connectivity index (χ0) is 24.6. The van der Waals surface area contributed by atoms with Gasteiger partial charge in [0.2, 0.25) is 0 Å². The summed E-state index contributed by atoms with van der Waals surface area (Å²) in [5.74, 6) is 0.488. The molecule has 0 spiro atoms. The first-order valence-corrected chi connectivity index (χ1v) is 13.7. The maximum Gasteiger partial charge on any atom is 0.264 e. The molecule has 11 heteroatoms. The topological polar surface area (TPSA) is 118 Å². The van der Waals surface area contributed by atoms with Gasteiger partial charge in [0.25, 0.3) is 5.56 Å². The lowest BCUT2D eigenvalue weighted by Gasteiger charge is -2.26. The number of benzene rings is 1. The van der Waals surface area contributed by atoms with Crippen LogP contribution in [0.1, 0.15) is 12.8 Å². The third kappa shape index (κ3) is 5.31. The lowest BCUT2D eigenvalue weighted by molar-refractivity contribution is 0.0398. The molecule has 1 saturated carbocycles. The number of hydrogen-bond acceptors (Lipinski definition) is 9. The molecule has 0 amide bonds. The molecule has 186 valence electrons. The molecule has 3 aromatic rings. The van der Waals surface area contributed by atoms with Gasteiger partial charge in [-0.1, -0.05) is 6.07 Å². The number of ether oxygens (including phenoxy) is 1. The SMILES string of the molecule is Cn1cnc2cc(-c3ccc(NCCN4CCOCC4)c(S(C)(=O)=O)c3)nc(NC3CC3)c2c1=O. The van der Waals surface area contributed by atoms with Gasteiger partial charge in [0.1, 0.15) is 11.2 Å². The fourth-order valence-electron chi connectivity index (χ4n) is 4.20. The molecule has 1 saturated heterocycles. The largest absolute Gasteiger partial charge is 0.383 e. The molecule has 0 atom stereocenters. The monoisotopic (exact) mass is 498 g/mol. The van der Waals surface area contributed by atoms with E-state index in [0.29, 0.717) is 40.2 Å². The van der Waals surface area contributed by atoms with Gasteiger partial charge >= 0.3 is 0 Å². The Bertz CT molecular complexity index is 1410. The number of anilines is 2. The second-order valence-electron chi connectivity index (χ2n) is 9.19. The van der Waals surface area contributed by atoms with E-state index in [0.717, 1.165) is 45.7 Å². The Morgan fingerprint density at radius 3 is 2.66 bits per heavy atom. The van der Waals surface area contributed by atoms with Crippen molar-refractivity contribution in [3.8, 4) is 11.3 Å². The summed E-state index contributed by atoms with van der Waals surface area (Å²) in [5, 5.41) is 7.07. The maximum absolute atomic E-state index is 12.8. The number of nitrogens with zero attached hydrogens (tertiary/aromatic N) is 4. The number of hydrogen-bond donors (Lipinski definition) is 2. The molecule has 10 nitrogen and oxygen atoms in total. The Morgan fingerprint density at radius 2 is 1.94 bits per heavy atom. The Morgan fingerprint density at radius 1 is 1.17 bits per heavy atom. The Labute approximate surface area is 204 Å². The van der Waals surface area contributed by atoms with Crippen LogP contribution in [0.15, 0.2) is 40.3 Å². The molecule has 2 N–H and O–H groups in total. The van der Waals surface area contributed by atoms with Crippen molar-refractivity contribution in [3.05, 3.63) is 40.9 Å². The van der Waals surface area contributed by atoms with Gasteiger partial charge < -0.3 is 19.9 Å². The van der Waals surface area contributed by atoms with Crippen LogP contribution in [0.2, 0.25) is 0 Å². The summed E-state index contributed by atoms with van der Waals surface area (Å²) in [5.41, 5.74) is 2.12. The van der Waals surface area contributed by atoms with Gasteiger partial charge in [-0.25, -0.2) is 18.4 Å². The highest BCUT2D eigenvalue weighted by molar-refractivity contribution is 7.90. The average Bonchev–Trinajstić information content (AvgIpc) is 3.65. The quantitative estimate of drug-likeness (QED) is 0.478. The Hall–Kier alpha value is -3.02. The van der Waals surface area contributed by atoms with Gasteiger partial charge in [0, 0.05) is 51.1 Å². The van der Waals surface area contributed by atoms with E-state index in [1.807, 2.05) is 6.07 Å². The van der Waals surface area contributed by atoms with Crippen molar-refractivity contribution in [1.29, 1.82) is 0 Å². The van der Waals surface area contributed by atoms with Gasteiger partial charge in [0.15, 0.2) is 9.84 Å². The zero-order valence-corrected chi connectivity index (χ0v) is 20.8. The molecule has 0 unspecified atom stereocenters. The van der Waals surface area contributed by atoms with Crippen molar-refractivity contribution in [2.75, 3.05) is 56.3 Å². The second kappa shape index (κ2) is 9.56. The maximum atomic E-state index is 12.8. The summed E-state index contributed by atoms with van der Waals surface area (Å²) < 4.78 is 32.1. The smallest absolute Gasteiger partial charge is 0.264 e. The van der Waals surface area contributed by atoms with Crippen LogP contribution in [0.25, 0.3) is 22.2 Å². The molecule has 1 aliphatic carbocycles. The van der Waals surface area contributed by atoms with Crippen LogP contribution in [0.5, 0.6) is 0 Å². The molecule has 2 aliphatic rings. The number of sulfone groups is 1. The number of rotatable bonds is 8. The summed E-state index contributed by atoms with van der Waals surface area (Å²) in [6.07, 6.45) is 4.74. The predicted molar refractivity (Wildman–Crippen MR) is 136 cm³/mol. The van der Waals surface area contributed by atoms with Crippen LogP contribution < -0.4 is 16.2 Å². The van der Waals surface area contributed by atoms with Gasteiger partial charge in [-0.2, -0.15) is 0 Å². The fraction of sp³-hybridized carbons (Fsp3) is 0.458. The number of aryl methyl sites for hydroxylation is 1. The molecule has 0 bridgehead atoms. The van der Waals surface area contributed by atoms with Crippen LogP contribution >= 0.6 is 0 Å². The summed E-state index contributed by atoms with van der Waals surface area (Å²) >= 11 is 0. The molecule has 2 fully saturated rings. The summed E-state index contributed by atoms with van der Waals surface area (Å²) in [6, 6.07) is 7.30. The van der Waals surface area contributed by atoms with Crippen molar-refractivity contribution in [2.45, 2.75) is 23.8 Å². The standard InChI is InChI=1S/C24H30N6O4S/c1-29-15-26-20-14-19(28-23(22(20)24(29)31)27-17-4-5-17)16-3-6-18(21(13-16)35(2,32)33)25-7-8-30-9-11-34-12-10-30/h3,6,13-15,17,25H,4-5,7-12H2,1-2H3,(H,27,28). The first-order valence-electron chi connectivity index (χ1n) is 11.8. The molecular formula is C24H30N6O4S. The summed E-state index contributed by atoms with van der Waals surface area (Å²) in [6.45, 7) is 4.63. The van der Waals surface area contributed by atoms with E-state index >= 15 is 0 Å². The Kier molecular flexibility index (Phi) is 6.47. The van der Waals surface area contributed by atoms with Crippen molar-refractivity contribution in [3.63, 3.8) is 0 Å². The molecule has 35 heavy (non-hydrogen) atoms. The van der Waals surface area contributed by atoms with Gasteiger partial charge in [-0.3, -0.25) is 9.69 Å². The van der Waals surface area contributed by atoms with Crippen molar-refractivity contribution < 1.29 is 13.2 Å². The highest BCUT2D eigenvalue weighted by Gasteiger charge is 2.24. The summed E-state index contributed by atoms with van der Waals surface area (Å²) in [7, 11) is -1.84. The van der Waals surface area contributed by atoms with E-state index in [4.69, 9.17) is 9.72 Å². The van der Waals surface area contributed by atoms with Crippen LogP contribution in [0.3, 0.4) is 0 Å². The van der Waals surface area contributed by atoms with E-state index in [2.05, 4.69) is 20.5 Å².